The van der Waals surface area contributed by atoms with Crippen molar-refractivity contribution in [2.75, 3.05) is 0 Å². The smallest absolute Gasteiger partial charge is 0.280 e. The van der Waals surface area contributed by atoms with Gasteiger partial charge in [-0.3, -0.25) is 4.40 Å². The highest BCUT2D eigenvalue weighted by Crippen LogP contribution is 2.24. The Kier molecular flexibility index (Phi) is 2.52. The Balaban J connectivity index is 2.78. The van der Waals surface area contributed by atoms with Crippen LogP contribution in [-0.2, 0) is 0 Å². The minimum Gasteiger partial charge on any atom is -0.294 e. The Labute approximate surface area is 94.4 Å². The van der Waals surface area contributed by atoms with Gasteiger partial charge >= 0.3 is 0 Å². The quantitative estimate of drug-likeness (QED) is 0.805. The van der Waals surface area contributed by atoms with Crippen LogP contribution in [0.15, 0.2) is 21.6 Å². The van der Waals surface area contributed by atoms with Crippen molar-refractivity contribution in [3.05, 3.63) is 27.3 Å². The predicted octanol–water partition coefficient (Wildman–Crippen LogP) is 3.19. The first-order chi connectivity index (χ1) is 6.59. The number of hydrogen-bond donors (Lipinski definition) is 0. The monoisotopic (exact) mass is 325 g/mol. The molecule has 0 unspecified atom stereocenters. The van der Waals surface area contributed by atoms with Crippen molar-refractivity contribution in [2.24, 2.45) is 0 Å². The number of fused-ring (bicyclic) bond motifs is 1. The van der Waals surface area contributed by atoms with Crippen LogP contribution < -0.4 is 0 Å². The first kappa shape index (κ1) is 9.97. The van der Waals surface area contributed by atoms with E-state index in [-0.39, 0.29) is 5.69 Å². The summed E-state index contributed by atoms with van der Waals surface area (Å²) in [5, 5.41) is 0. The number of aromatic nitrogens is 3. The lowest BCUT2D eigenvalue weighted by Gasteiger charge is -2.01. The summed E-state index contributed by atoms with van der Waals surface area (Å²) in [7, 11) is 0. The largest absolute Gasteiger partial charge is 0.294 e. The summed E-state index contributed by atoms with van der Waals surface area (Å²) in [6.45, 7) is 0. The van der Waals surface area contributed by atoms with Crippen LogP contribution in [0.5, 0.6) is 0 Å². The van der Waals surface area contributed by atoms with Crippen LogP contribution in [0, 0.1) is 0 Å². The van der Waals surface area contributed by atoms with Gasteiger partial charge in [-0.05, 0) is 31.9 Å². The van der Waals surface area contributed by atoms with Crippen molar-refractivity contribution in [1.82, 2.24) is 14.4 Å². The molecule has 74 valence electrons. The fraction of sp³-hybridized carbons (Fsp3) is 0.143. The van der Waals surface area contributed by atoms with Gasteiger partial charge < -0.3 is 0 Å². The van der Waals surface area contributed by atoms with Gasteiger partial charge in [0.25, 0.3) is 6.43 Å². The van der Waals surface area contributed by atoms with E-state index in [1.54, 1.807) is 0 Å². The molecule has 0 amide bonds. The van der Waals surface area contributed by atoms with E-state index in [9.17, 15) is 8.78 Å². The van der Waals surface area contributed by atoms with Gasteiger partial charge in [-0.25, -0.2) is 18.7 Å². The van der Waals surface area contributed by atoms with Crippen molar-refractivity contribution < 1.29 is 8.78 Å². The van der Waals surface area contributed by atoms with Crippen molar-refractivity contribution in [2.45, 2.75) is 6.43 Å². The van der Waals surface area contributed by atoms with Crippen LogP contribution in [0.4, 0.5) is 8.78 Å². The van der Waals surface area contributed by atoms with Crippen LogP contribution in [0.1, 0.15) is 12.1 Å². The fourth-order valence-corrected chi connectivity index (χ4v) is 2.21. The van der Waals surface area contributed by atoms with Crippen LogP contribution in [0.2, 0.25) is 0 Å². The molecule has 0 aliphatic carbocycles. The minimum atomic E-state index is -2.55. The molecule has 2 aromatic heterocycles. The lowest BCUT2D eigenvalue weighted by molar-refractivity contribution is 0.145. The lowest BCUT2D eigenvalue weighted by Crippen LogP contribution is -1.95. The first-order valence-corrected chi connectivity index (χ1v) is 5.15. The average molecular weight is 327 g/mol. The second-order valence-electron chi connectivity index (χ2n) is 2.53. The summed E-state index contributed by atoms with van der Waals surface area (Å²) in [6.07, 6.45) is 0.0409. The maximum Gasteiger partial charge on any atom is 0.280 e. The van der Waals surface area contributed by atoms with E-state index in [1.165, 1.54) is 10.6 Å². The summed E-state index contributed by atoms with van der Waals surface area (Å²) in [6, 6.07) is 0. The second-order valence-corrected chi connectivity index (χ2v) is 4.10. The fourth-order valence-electron chi connectivity index (χ4n) is 1.10. The number of rotatable bonds is 1. The summed E-state index contributed by atoms with van der Waals surface area (Å²) in [4.78, 5) is 7.81. The molecular formula is C7H3Br2F2N3. The van der Waals surface area contributed by atoms with Gasteiger partial charge in [0, 0.05) is 6.20 Å². The molecule has 2 rings (SSSR count). The summed E-state index contributed by atoms with van der Waals surface area (Å²) < 4.78 is 27.2. The van der Waals surface area contributed by atoms with Crippen LogP contribution >= 0.6 is 31.9 Å². The van der Waals surface area contributed by atoms with Crippen molar-refractivity contribution in [3.63, 3.8) is 0 Å². The predicted molar refractivity (Wildman–Crippen MR) is 53.3 cm³/mol. The van der Waals surface area contributed by atoms with E-state index in [2.05, 4.69) is 41.8 Å². The highest BCUT2D eigenvalue weighted by Gasteiger charge is 2.15. The maximum atomic E-state index is 12.5. The minimum absolute atomic E-state index is 0.149. The van der Waals surface area contributed by atoms with Crippen molar-refractivity contribution in [1.29, 1.82) is 0 Å². The molecule has 3 nitrogen and oxygen atoms in total. The second kappa shape index (κ2) is 3.54. The standard InChI is InChI=1S/C7H3Br2F2N3/c8-4-2-14-3(6(10)11)1-12-7(14)5(9)13-4/h1-2,6H. The van der Waals surface area contributed by atoms with E-state index in [0.717, 1.165) is 6.20 Å². The SMILES string of the molecule is FC(F)c1cnc2c(Br)nc(Br)cn12. The summed E-state index contributed by atoms with van der Waals surface area (Å²) in [5.74, 6) is 0. The Morgan fingerprint density at radius 3 is 2.71 bits per heavy atom. The van der Waals surface area contributed by atoms with Gasteiger partial charge in [0.05, 0.1) is 6.20 Å². The van der Waals surface area contributed by atoms with Crippen LogP contribution in [0.3, 0.4) is 0 Å². The molecular weight excluding hydrogens is 324 g/mol. The number of hydrogen-bond acceptors (Lipinski definition) is 2. The molecule has 0 atom stereocenters. The first-order valence-electron chi connectivity index (χ1n) is 3.56. The molecule has 0 fully saturated rings. The topological polar surface area (TPSA) is 30.2 Å². The molecule has 0 spiro atoms. The van der Waals surface area contributed by atoms with Crippen LogP contribution in [-0.4, -0.2) is 14.4 Å². The zero-order valence-electron chi connectivity index (χ0n) is 6.59. The van der Waals surface area contributed by atoms with E-state index >= 15 is 0 Å². The molecule has 14 heavy (non-hydrogen) atoms. The summed E-state index contributed by atoms with van der Waals surface area (Å²) >= 11 is 6.26. The van der Waals surface area contributed by atoms with Gasteiger partial charge in [-0.15, -0.1) is 0 Å². The number of halogens is 4. The molecule has 0 saturated heterocycles. The highest BCUT2D eigenvalue weighted by molar-refractivity contribution is 9.11. The third-order valence-corrected chi connectivity index (χ3v) is 2.59. The zero-order chi connectivity index (χ0) is 10.3. The van der Waals surface area contributed by atoms with Crippen molar-refractivity contribution >= 4 is 37.5 Å². The molecule has 2 aromatic rings. The van der Waals surface area contributed by atoms with E-state index in [0.29, 0.717) is 14.9 Å². The van der Waals surface area contributed by atoms with Gasteiger partial charge in [-0.1, -0.05) is 0 Å². The third kappa shape index (κ3) is 1.54. The molecule has 7 heteroatoms. The van der Waals surface area contributed by atoms with E-state index in [4.69, 9.17) is 0 Å². The molecule has 0 N–H and O–H groups in total. The van der Waals surface area contributed by atoms with Gasteiger partial charge in [-0.2, -0.15) is 0 Å². The third-order valence-electron chi connectivity index (χ3n) is 1.67. The number of nitrogens with zero attached hydrogens (tertiary/aromatic N) is 3. The highest BCUT2D eigenvalue weighted by atomic mass is 79.9. The van der Waals surface area contributed by atoms with Gasteiger partial charge in [0.15, 0.2) is 10.3 Å². The Morgan fingerprint density at radius 1 is 1.36 bits per heavy atom. The van der Waals surface area contributed by atoms with E-state index in [1.807, 2.05) is 0 Å². The number of imidazole rings is 1. The Hall–Kier alpha value is -0.560. The molecule has 0 saturated carbocycles. The zero-order valence-corrected chi connectivity index (χ0v) is 9.76. The maximum absolute atomic E-state index is 12.5. The van der Waals surface area contributed by atoms with Gasteiger partial charge in [0.2, 0.25) is 0 Å². The van der Waals surface area contributed by atoms with Gasteiger partial charge in [0.1, 0.15) is 10.3 Å². The lowest BCUT2D eigenvalue weighted by atomic mass is 10.5. The summed E-state index contributed by atoms with van der Waals surface area (Å²) in [5.41, 5.74) is 0.229. The molecule has 0 radical (unpaired) electrons. The number of alkyl halides is 2. The molecule has 0 aliphatic heterocycles. The van der Waals surface area contributed by atoms with Crippen molar-refractivity contribution in [3.8, 4) is 0 Å². The average Bonchev–Trinajstić information content (AvgIpc) is 2.47. The normalized spacial score (nSPS) is 11.5. The molecule has 0 bridgehead atoms. The Morgan fingerprint density at radius 2 is 2.07 bits per heavy atom. The van der Waals surface area contributed by atoms with Crippen LogP contribution in [0.25, 0.3) is 5.65 Å². The molecule has 2 heterocycles. The molecule has 0 aromatic carbocycles. The molecule has 0 aliphatic rings. The van der Waals surface area contributed by atoms with E-state index < -0.39 is 6.43 Å². The Bertz CT molecular complexity index is 483.